The van der Waals surface area contributed by atoms with Crippen LogP contribution in [0.25, 0.3) is 0 Å². The Labute approximate surface area is 155 Å². The van der Waals surface area contributed by atoms with Gasteiger partial charge in [-0.15, -0.1) is 12.4 Å². The zero-order chi connectivity index (χ0) is 16.9. The molecule has 1 aliphatic heterocycles. The Balaban J connectivity index is 0.00000225. The molecule has 2 fully saturated rings. The Kier molecular flexibility index (Phi) is 7.26. The largest absolute Gasteiger partial charge is 0.339 e. The summed E-state index contributed by atoms with van der Waals surface area (Å²) in [5.74, 6) is 0.558. The molecule has 1 heterocycles. The van der Waals surface area contributed by atoms with Gasteiger partial charge in [0.1, 0.15) is 0 Å². The van der Waals surface area contributed by atoms with Crippen molar-refractivity contribution in [3.63, 3.8) is 0 Å². The third-order valence-electron chi connectivity index (χ3n) is 5.27. The van der Waals surface area contributed by atoms with Crippen LogP contribution in [0.3, 0.4) is 0 Å². The van der Waals surface area contributed by atoms with E-state index in [9.17, 15) is 9.59 Å². The van der Waals surface area contributed by atoms with E-state index < -0.39 is 0 Å². The van der Waals surface area contributed by atoms with Gasteiger partial charge in [0.2, 0.25) is 5.91 Å². The average molecular weight is 366 g/mol. The molecule has 2 amide bonds. The van der Waals surface area contributed by atoms with E-state index in [1.807, 2.05) is 34.1 Å². The number of benzene rings is 1. The van der Waals surface area contributed by atoms with Crippen LogP contribution in [0.2, 0.25) is 0 Å². The highest BCUT2D eigenvalue weighted by molar-refractivity contribution is 5.94. The van der Waals surface area contributed by atoms with Crippen LogP contribution in [0.4, 0.5) is 0 Å². The summed E-state index contributed by atoms with van der Waals surface area (Å²) in [6.07, 6.45) is 5.67. The van der Waals surface area contributed by atoms with E-state index in [-0.39, 0.29) is 24.2 Å². The van der Waals surface area contributed by atoms with Gasteiger partial charge in [0.25, 0.3) is 5.91 Å². The molecule has 0 bridgehead atoms. The first-order valence-corrected chi connectivity index (χ1v) is 9.06. The third-order valence-corrected chi connectivity index (χ3v) is 5.27. The van der Waals surface area contributed by atoms with Gasteiger partial charge >= 0.3 is 0 Å². The number of nitrogens with two attached hydrogens (primary N) is 1. The highest BCUT2D eigenvalue weighted by Gasteiger charge is 2.29. The van der Waals surface area contributed by atoms with E-state index in [1.54, 1.807) is 0 Å². The summed E-state index contributed by atoms with van der Waals surface area (Å²) in [6, 6.07) is 7.47. The number of rotatable bonds is 3. The van der Waals surface area contributed by atoms with Gasteiger partial charge in [-0.25, -0.2) is 0 Å². The van der Waals surface area contributed by atoms with Crippen molar-refractivity contribution in [1.82, 2.24) is 9.80 Å². The SMILES string of the molecule is Cl.NCc1ccc(C(=O)N2CCN(C(=O)C3CCCCC3)CC2)cc1. The van der Waals surface area contributed by atoms with E-state index in [0.29, 0.717) is 44.2 Å². The topological polar surface area (TPSA) is 66.6 Å². The van der Waals surface area contributed by atoms with Gasteiger partial charge in [0.15, 0.2) is 0 Å². The molecule has 2 aliphatic rings. The molecule has 0 radical (unpaired) electrons. The highest BCUT2D eigenvalue weighted by atomic mass is 35.5. The smallest absolute Gasteiger partial charge is 0.253 e. The zero-order valence-corrected chi connectivity index (χ0v) is 15.5. The molecule has 1 aromatic carbocycles. The van der Waals surface area contributed by atoms with Gasteiger partial charge in [-0.05, 0) is 30.5 Å². The van der Waals surface area contributed by atoms with Gasteiger partial charge in [0, 0.05) is 44.2 Å². The predicted molar refractivity (Wildman–Crippen MR) is 101 cm³/mol. The Morgan fingerprint density at radius 3 is 2.04 bits per heavy atom. The molecule has 2 N–H and O–H groups in total. The minimum Gasteiger partial charge on any atom is -0.339 e. The van der Waals surface area contributed by atoms with Crippen molar-refractivity contribution in [2.45, 2.75) is 38.6 Å². The van der Waals surface area contributed by atoms with E-state index >= 15 is 0 Å². The first kappa shape index (κ1) is 19.7. The van der Waals surface area contributed by atoms with Crippen LogP contribution >= 0.6 is 12.4 Å². The van der Waals surface area contributed by atoms with E-state index in [4.69, 9.17) is 5.73 Å². The van der Waals surface area contributed by atoms with E-state index in [0.717, 1.165) is 18.4 Å². The molecule has 0 spiro atoms. The molecule has 138 valence electrons. The zero-order valence-electron chi connectivity index (χ0n) is 14.7. The molecule has 1 saturated heterocycles. The minimum absolute atomic E-state index is 0. The molecule has 25 heavy (non-hydrogen) atoms. The maximum Gasteiger partial charge on any atom is 0.253 e. The maximum atomic E-state index is 12.6. The molecule has 0 unspecified atom stereocenters. The summed E-state index contributed by atoms with van der Waals surface area (Å²) in [4.78, 5) is 29.0. The summed E-state index contributed by atoms with van der Waals surface area (Å²) in [5.41, 5.74) is 7.31. The van der Waals surface area contributed by atoms with E-state index in [2.05, 4.69) is 0 Å². The number of amides is 2. The van der Waals surface area contributed by atoms with Crippen molar-refractivity contribution in [2.75, 3.05) is 26.2 Å². The van der Waals surface area contributed by atoms with E-state index in [1.165, 1.54) is 19.3 Å². The Bertz CT molecular complexity index is 577. The van der Waals surface area contributed by atoms with Crippen molar-refractivity contribution >= 4 is 24.2 Å². The summed E-state index contributed by atoms with van der Waals surface area (Å²) in [7, 11) is 0. The van der Waals surface area contributed by atoms with Crippen molar-refractivity contribution in [3.8, 4) is 0 Å². The summed E-state index contributed by atoms with van der Waals surface area (Å²) >= 11 is 0. The number of piperazine rings is 1. The van der Waals surface area contributed by atoms with Crippen LogP contribution in [0, 0.1) is 5.92 Å². The number of carbonyl (C=O) groups excluding carboxylic acids is 2. The number of hydrogen-bond acceptors (Lipinski definition) is 3. The van der Waals surface area contributed by atoms with Crippen LogP contribution in [-0.2, 0) is 11.3 Å². The van der Waals surface area contributed by atoms with Crippen molar-refractivity contribution in [2.24, 2.45) is 11.7 Å². The summed E-state index contributed by atoms with van der Waals surface area (Å²) in [5, 5.41) is 0. The van der Waals surface area contributed by atoms with Crippen molar-refractivity contribution in [3.05, 3.63) is 35.4 Å². The fourth-order valence-corrected chi connectivity index (χ4v) is 3.70. The van der Waals surface area contributed by atoms with Gasteiger partial charge in [-0.3, -0.25) is 9.59 Å². The summed E-state index contributed by atoms with van der Waals surface area (Å²) < 4.78 is 0. The molecular formula is C19H28ClN3O2. The molecule has 0 atom stereocenters. The molecular weight excluding hydrogens is 338 g/mol. The molecule has 1 aromatic rings. The Hall–Kier alpha value is -1.59. The first-order chi connectivity index (χ1) is 11.7. The number of carbonyl (C=O) groups is 2. The van der Waals surface area contributed by atoms with Gasteiger partial charge in [-0.2, -0.15) is 0 Å². The van der Waals surface area contributed by atoms with Crippen LogP contribution in [0.15, 0.2) is 24.3 Å². The molecule has 3 rings (SSSR count). The number of halogens is 1. The van der Waals surface area contributed by atoms with Gasteiger partial charge in [-0.1, -0.05) is 31.4 Å². The second-order valence-corrected chi connectivity index (χ2v) is 6.85. The lowest BCUT2D eigenvalue weighted by Gasteiger charge is -2.37. The van der Waals surface area contributed by atoms with Crippen LogP contribution in [-0.4, -0.2) is 47.8 Å². The van der Waals surface area contributed by atoms with Crippen LogP contribution < -0.4 is 5.73 Å². The number of nitrogens with zero attached hydrogens (tertiary/aromatic N) is 2. The Morgan fingerprint density at radius 2 is 1.48 bits per heavy atom. The van der Waals surface area contributed by atoms with Crippen molar-refractivity contribution in [1.29, 1.82) is 0 Å². The fraction of sp³-hybridized carbons (Fsp3) is 0.579. The minimum atomic E-state index is 0. The average Bonchev–Trinajstić information content (AvgIpc) is 2.68. The lowest BCUT2D eigenvalue weighted by molar-refractivity contribution is -0.138. The second-order valence-electron chi connectivity index (χ2n) is 6.85. The molecule has 6 heteroatoms. The maximum absolute atomic E-state index is 12.6. The molecule has 0 aromatic heterocycles. The van der Waals surface area contributed by atoms with Gasteiger partial charge in [0.05, 0.1) is 0 Å². The molecule has 1 aliphatic carbocycles. The number of hydrogen-bond donors (Lipinski definition) is 1. The van der Waals surface area contributed by atoms with Crippen LogP contribution in [0.1, 0.15) is 48.0 Å². The lowest BCUT2D eigenvalue weighted by Crippen LogP contribution is -2.52. The quantitative estimate of drug-likeness (QED) is 0.894. The van der Waals surface area contributed by atoms with Crippen molar-refractivity contribution < 1.29 is 9.59 Å². The summed E-state index contributed by atoms with van der Waals surface area (Å²) in [6.45, 7) is 3.03. The first-order valence-electron chi connectivity index (χ1n) is 9.06. The highest BCUT2D eigenvalue weighted by Crippen LogP contribution is 2.26. The van der Waals surface area contributed by atoms with Crippen LogP contribution in [0.5, 0.6) is 0 Å². The fourth-order valence-electron chi connectivity index (χ4n) is 3.70. The molecule has 1 saturated carbocycles. The lowest BCUT2D eigenvalue weighted by atomic mass is 9.88. The third kappa shape index (κ3) is 4.73. The standard InChI is InChI=1S/C19H27N3O2.ClH/c20-14-15-6-8-17(9-7-15)19(24)22-12-10-21(11-13-22)18(23)16-4-2-1-3-5-16;/h6-9,16H,1-5,10-14,20H2;1H. The monoisotopic (exact) mass is 365 g/mol. The van der Waals surface area contributed by atoms with Gasteiger partial charge < -0.3 is 15.5 Å². The molecule has 5 nitrogen and oxygen atoms in total. The Morgan fingerprint density at radius 1 is 0.920 bits per heavy atom. The normalized spacial score (nSPS) is 18.6. The second kappa shape index (κ2) is 9.20. The predicted octanol–water partition coefficient (Wildman–Crippen LogP) is 2.43.